The van der Waals surface area contributed by atoms with Crippen LogP contribution in [-0.2, 0) is 0 Å². The van der Waals surface area contributed by atoms with Crippen LogP contribution >= 0.6 is 0 Å². The van der Waals surface area contributed by atoms with Crippen molar-refractivity contribution in [2.24, 2.45) is 0 Å². The highest BCUT2D eigenvalue weighted by molar-refractivity contribution is 6.04. The maximum absolute atomic E-state index is 12.1. The SMILES string of the molecule is COc1ccc(C(=O)Nc2cc[c]cc2)cc1OC. The van der Waals surface area contributed by atoms with Gasteiger partial charge in [0.25, 0.3) is 5.91 Å². The van der Waals surface area contributed by atoms with Crippen molar-refractivity contribution >= 4 is 11.6 Å². The zero-order valence-electron chi connectivity index (χ0n) is 10.8. The molecular formula is C15H14NO3. The van der Waals surface area contributed by atoms with Gasteiger partial charge in [0.1, 0.15) is 0 Å². The zero-order chi connectivity index (χ0) is 13.7. The Morgan fingerprint density at radius 1 is 1.05 bits per heavy atom. The second-order valence-electron chi connectivity index (χ2n) is 3.81. The van der Waals surface area contributed by atoms with Crippen molar-refractivity contribution < 1.29 is 14.3 Å². The minimum atomic E-state index is -0.202. The second-order valence-corrected chi connectivity index (χ2v) is 3.81. The average Bonchev–Trinajstić information content (AvgIpc) is 2.47. The Labute approximate surface area is 112 Å². The lowest BCUT2D eigenvalue weighted by molar-refractivity contribution is 0.102. The summed E-state index contributed by atoms with van der Waals surface area (Å²) < 4.78 is 10.3. The van der Waals surface area contributed by atoms with Crippen LogP contribution in [0.1, 0.15) is 10.4 Å². The molecule has 97 valence electrons. The predicted molar refractivity (Wildman–Crippen MR) is 72.8 cm³/mol. The smallest absolute Gasteiger partial charge is 0.255 e. The number of nitrogens with one attached hydrogen (secondary N) is 1. The molecule has 0 atom stereocenters. The maximum Gasteiger partial charge on any atom is 0.255 e. The van der Waals surface area contributed by atoms with Crippen LogP contribution in [0, 0.1) is 6.07 Å². The molecule has 0 aliphatic rings. The van der Waals surface area contributed by atoms with E-state index in [4.69, 9.17) is 9.47 Å². The number of methoxy groups -OCH3 is 2. The quantitative estimate of drug-likeness (QED) is 0.915. The van der Waals surface area contributed by atoms with Crippen LogP contribution in [0.25, 0.3) is 0 Å². The largest absolute Gasteiger partial charge is 0.493 e. The van der Waals surface area contributed by atoms with E-state index in [1.807, 2.05) is 0 Å². The molecule has 1 amide bonds. The summed E-state index contributed by atoms with van der Waals surface area (Å²) in [6.07, 6.45) is 0. The van der Waals surface area contributed by atoms with Crippen LogP contribution in [0.2, 0.25) is 0 Å². The predicted octanol–water partition coefficient (Wildman–Crippen LogP) is 2.76. The number of carbonyl (C=O) groups is 1. The Morgan fingerprint density at radius 2 is 1.74 bits per heavy atom. The lowest BCUT2D eigenvalue weighted by Crippen LogP contribution is -2.11. The van der Waals surface area contributed by atoms with Crippen molar-refractivity contribution in [1.82, 2.24) is 0 Å². The van der Waals surface area contributed by atoms with Crippen molar-refractivity contribution in [3.8, 4) is 11.5 Å². The Morgan fingerprint density at radius 3 is 2.37 bits per heavy atom. The molecule has 4 nitrogen and oxygen atoms in total. The Bertz CT molecular complexity index is 567. The number of amides is 1. The lowest BCUT2D eigenvalue weighted by Gasteiger charge is -2.10. The summed E-state index contributed by atoms with van der Waals surface area (Å²) in [6, 6.07) is 15.0. The second kappa shape index (κ2) is 5.91. The molecule has 4 heteroatoms. The van der Waals surface area contributed by atoms with Crippen LogP contribution in [0.3, 0.4) is 0 Å². The van der Waals surface area contributed by atoms with Crippen LogP contribution in [-0.4, -0.2) is 20.1 Å². The first-order chi connectivity index (χ1) is 9.24. The molecule has 0 aliphatic heterocycles. The van der Waals surface area contributed by atoms with Gasteiger partial charge >= 0.3 is 0 Å². The number of anilines is 1. The third-order valence-electron chi connectivity index (χ3n) is 2.62. The van der Waals surface area contributed by atoms with Gasteiger partial charge in [0.15, 0.2) is 11.5 Å². The third-order valence-corrected chi connectivity index (χ3v) is 2.62. The summed E-state index contributed by atoms with van der Waals surface area (Å²) in [5.41, 5.74) is 1.23. The fourth-order valence-electron chi connectivity index (χ4n) is 1.65. The van der Waals surface area contributed by atoms with Gasteiger partial charge in [-0.25, -0.2) is 0 Å². The number of carbonyl (C=O) groups excluding carboxylic acids is 1. The number of hydrogen-bond acceptors (Lipinski definition) is 3. The summed E-state index contributed by atoms with van der Waals surface area (Å²) in [5.74, 6) is 0.914. The van der Waals surface area contributed by atoms with Gasteiger partial charge < -0.3 is 14.8 Å². The minimum Gasteiger partial charge on any atom is -0.493 e. The normalized spacial score (nSPS) is 9.79. The zero-order valence-corrected chi connectivity index (χ0v) is 10.8. The van der Waals surface area contributed by atoms with E-state index in [-0.39, 0.29) is 5.91 Å². The molecule has 2 rings (SSSR count). The molecule has 0 bridgehead atoms. The topological polar surface area (TPSA) is 47.6 Å². The molecule has 0 spiro atoms. The van der Waals surface area contributed by atoms with E-state index in [1.54, 1.807) is 49.6 Å². The number of benzene rings is 2. The van der Waals surface area contributed by atoms with Crippen molar-refractivity contribution in [1.29, 1.82) is 0 Å². The first-order valence-corrected chi connectivity index (χ1v) is 5.74. The van der Waals surface area contributed by atoms with Crippen LogP contribution in [0.5, 0.6) is 11.5 Å². The van der Waals surface area contributed by atoms with E-state index < -0.39 is 0 Å². The minimum absolute atomic E-state index is 0.202. The molecule has 0 heterocycles. The number of rotatable bonds is 4. The highest BCUT2D eigenvalue weighted by atomic mass is 16.5. The van der Waals surface area contributed by atoms with Crippen LogP contribution in [0.15, 0.2) is 42.5 Å². The molecule has 2 aromatic rings. The summed E-state index contributed by atoms with van der Waals surface area (Å²) in [7, 11) is 3.09. The number of ether oxygens (including phenoxy) is 2. The molecule has 1 N–H and O–H groups in total. The van der Waals surface area contributed by atoms with Gasteiger partial charge in [0.2, 0.25) is 0 Å². The van der Waals surface area contributed by atoms with Crippen molar-refractivity contribution in [3.63, 3.8) is 0 Å². The number of hydrogen-bond donors (Lipinski definition) is 1. The fourth-order valence-corrected chi connectivity index (χ4v) is 1.65. The summed E-state index contributed by atoms with van der Waals surface area (Å²) in [4.78, 5) is 12.1. The molecule has 0 aliphatic carbocycles. The maximum atomic E-state index is 12.1. The summed E-state index contributed by atoms with van der Waals surface area (Å²) >= 11 is 0. The van der Waals surface area contributed by atoms with Gasteiger partial charge in [-0.3, -0.25) is 4.79 Å². The average molecular weight is 256 g/mol. The van der Waals surface area contributed by atoms with Gasteiger partial charge in [-0.1, -0.05) is 12.1 Å². The molecule has 0 aromatic heterocycles. The standard InChI is InChI=1S/C15H14NO3/c1-18-13-9-8-11(10-14(13)19-2)15(17)16-12-6-4-3-5-7-12/h4-10H,1-2H3,(H,16,17). The highest BCUT2D eigenvalue weighted by Crippen LogP contribution is 2.27. The van der Waals surface area contributed by atoms with E-state index >= 15 is 0 Å². The van der Waals surface area contributed by atoms with E-state index in [0.717, 1.165) is 5.69 Å². The molecule has 1 radical (unpaired) electrons. The van der Waals surface area contributed by atoms with Crippen molar-refractivity contribution in [2.75, 3.05) is 19.5 Å². The van der Waals surface area contributed by atoms with Gasteiger partial charge in [-0.05, 0) is 36.4 Å². The molecule has 2 aromatic carbocycles. The summed E-state index contributed by atoms with van der Waals surface area (Å²) in [6.45, 7) is 0. The Balaban J connectivity index is 2.20. The van der Waals surface area contributed by atoms with Gasteiger partial charge in [-0.2, -0.15) is 0 Å². The van der Waals surface area contributed by atoms with Gasteiger partial charge in [0, 0.05) is 11.3 Å². The fraction of sp³-hybridized carbons (Fsp3) is 0.133. The van der Waals surface area contributed by atoms with Crippen molar-refractivity contribution in [2.45, 2.75) is 0 Å². The van der Waals surface area contributed by atoms with E-state index in [0.29, 0.717) is 17.1 Å². The monoisotopic (exact) mass is 256 g/mol. The van der Waals surface area contributed by atoms with E-state index in [1.165, 1.54) is 7.11 Å². The molecular weight excluding hydrogens is 242 g/mol. The highest BCUT2D eigenvalue weighted by Gasteiger charge is 2.10. The lowest BCUT2D eigenvalue weighted by atomic mass is 10.2. The van der Waals surface area contributed by atoms with Crippen molar-refractivity contribution in [3.05, 3.63) is 54.1 Å². The van der Waals surface area contributed by atoms with Gasteiger partial charge in [-0.15, -0.1) is 0 Å². The Kier molecular flexibility index (Phi) is 4.03. The van der Waals surface area contributed by atoms with Crippen LogP contribution in [0.4, 0.5) is 5.69 Å². The molecule has 0 unspecified atom stereocenters. The molecule has 0 saturated carbocycles. The molecule has 19 heavy (non-hydrogen) atoms. The molecule has 0 fully saturated rings. The summed E-state index contributed by atoms with van der Waals surface area (Å²) in [5, 5.41) is 2.79. The molecule has 0 saturated heterocycles. The van der Waals surface area contributed by atoms with Crippen LogP contribution < -0.4 is 14.8 Å². The van der Waals surface area contributed by atoms with Gasteiger partial charge in [0.05, 0.1) is 14.2 Å². The first kappa shape index (κ1) is 13.0. The Hall–Kier alpha value is -2.49. The van der Waals surface area contributed by atoms with E-state index in [9.17, 15) is 4.79 Å². The van der Waals surface area contributed by atoms with E-state index in [2.05, 4.69) is 11.4 Å². The third kappa shape index (κ3) is 3.04. The first-order valence-electron chi connectivity index (χ1n) is 5.74.